The van der Waals surface area contributed by atoms with E-state index in [9.17, 15) is 27.2 Å². The number of nitrogens with zero attached hydrogens (tertiary/aromatic N) is 2. The molecular formula is C26H27F4N3O3S. The lowest BCUT2D eigenvalue weighted by Crippen LogP contribution is -2.44. The van der Waals surface area contributed by atoms with Crippen molar-refractivity contribution in [3.05, 3.63) is 87.9 Å². The molecule has 6 nitrogen and oxygen atoms in total. The van der Waals surface area contributed by atoms with Crippen LogP contribution in [0.2, 0.25) is 0 Å². The second kappa shape index (κ2) is 13.2. The predicted molar refractivity (Wildman–Crippen MR) is 134 cm³/mol. The van der Waals surface area contributed by atoms with Gasteiger partial charge in [0.25, 0.3) is 0 Å². The normalized spacial score (nSPS) is 11.3. The summed E-state index contributed by atoms with van der Waals surface area (Å²) in [5.41, 5.74) is 0.0676. The number of alkyl halides is 3. The topological polar surface area (TPSA) is 61.9 Å². The van der Waals surface area contributed by atoms with E-state index in [4.69, 9.17) is 4.74 Å². The van der Waals surface area contributed by atoms with Gasteiger partial charge in [-0.1, -0.05) is 18.2 Å². The van der Waals surface area contributed by atoms with E-state index in [0.717, 1.165) is 34.7 Å². The molecule has 1 N–H and O–H groups in total. The van der Waals surface area contributed by atoms with Gasteiger partial charge in [0.1, 0.15) is 12.4 Å². The first kappa shape index (κ1) is 28.1. The summed E-state index contributed by atoms with van der Waals surface area (Å²) in [6, 6.07) is 13.0. The van der Waals surface area contributed by atoms with Gasteiger partial charge in [-0.15, -0.1) is 11.3 Å². The van der Waals surface area contributed by atoms with Crippen molar-refractivity contribution in [3.63, 3.8) is 0 Å². The third kappa shape index (κ3) is 8.87. The second-order valence-corrected chi connectivity index (χ2v) is 9.26. The van der Waals surface area contributed by atoms with E-state index in [2.05, 4.69) is 5.32 Å². The molecule has 0 unspecified atom stereocenters. The summed E-state index contributed by atoms with van der Waals surface area (Å²) in [5, 5.41) is 4.46. The minimum absolute atomic E-state index is 0.170. The van der Waals surface area contributed by atoms with Gasteiger partial charge in [-0.25, -0.2) is 9.18 Å². The number of halogens is 4. The molecule has 1 aromatic heterocycles. The quantitative estimate of drug-likeness (QED) is 0.241. The molecule has 3 amide bonds. The Balaban J connectivity index is 1.74. The van der Waals surface area contributed by atoms with Gasteiger partial charge >= 0.3 is 12.2 Å². The number of benzene rings is 2. The van der Waals surface area contributed by atoms with Crippen molar-refractivity contribution in [2.75, 3.05) is 32.1 Å². The van der Waals surface area contributed by atoms with Gasteiger partial charge in [0, 0.05) is 37.4 Å². The third-order valence-electron chi connectivity index (χ3n) is 5.42. The highest BCUT2D eigenvalue weighted by Gasteiger charge is 2.30. The number of anilines is 1. The Morgan fingerprint density at radius 2 is 1.68 bits per heavy atom. The maximum atomic E-state index is 13.4. The van der Waals surface area contributed by atoms with Gasteiger partial charge in [-0.2, -0.15) is 13.2 Å². The zero-order chi connectivity index (χ0) is 26.8. The first-order valence-corrected chi connectivity index (χ1v) is 12.3. The summed E-state index contributed by atoms with van der Waals surface area (Å²) in [6.07, 6.45) is -4.04. The fraction of sp³-hybridized carbons (Fsp3) is 0.308. The van der Waals surface area contributed by atoms with Crippen molar-refractivity contribution in [2.24, 2.45) is 0 Å². The Hall–Kier alpha value is -3.44. The number of rotatable bonds is 11. The number of carbonyl (C=O) groups is 2. The van der Waals surface area contributed by atoms with Gasteiger partial charge < -0.3 is 19.9 Å². The zero-order valence-electron chi connectivity index (χ0n) is 20.1. The average molecular weight is 538 g/mol. The lowest BCUT2D eigenvalue weighted by molar-refractivity contribution is -0.137. The molecule has 0 fully saturated rings. The molecular weight excluding hydrogens is 510 g/mol. The van der Waals surface area contributed by atoms with Crippen LogP contribution in [0, 0.1) is 5.82 Å². The predicted octanol–water partition coefficient (Wildman–Crippen LogP) is 6.01. The van der Waals surface area contributed by atoms with Crippen LogP contribution in [0.15, 0.2) is 66.0 Å². The number of hydrogen-bond donors (Lipinski definition) is 1. The number of hydrogen-bond acceptors (Lipinski definition) is 4. The molecule has 1 heterocycles. The van der Waals surface area contributed by atoms with Crippen LogP contribution in [-0.2, 0) is 28.8 Å². The zero-order valence-corrected chi connectivity index (χ0v) is 20.9. The van der Waals surface area contributed by atoms with Crippen molar-refractivity contribution in [1.82, 2.24) is 9.80 Å². The Labute approximate surface area is 216 Å². The minimum Gasteiger partial charge on any atom is -0.385 e. The standard InChI is InChI=1S/C26H27F4N3O3S/c1-36-14-3-13-32(25(35)31-22-11-7-20(8-12-22)26(28,29)30)18-24(34)33(17-23-4-2-15-37-23)16-19-5-9-21(27)10-6-19/h2,4-12,15H,3,13-14,16-18H2,1H3,(H,31,35). The summed E-state index contributed by atoms with van der Waals surface area (Å²) in [5.74, 6) is -0.721. The summed E-state index contributed by atoms with van der Waals surface area (Å²) >= 11 is 1.48. The summed E-state index contributed by atoms with van der Waals surface area (Å²) in [6.45, 7) is 0.800. The van der Waals surface area contributed by atoms with Crippen molar-refractivity contribution < 1.29 is 31.9 Å². The molecule has 0 spiro atoms. The van der Waals surface area contributed by atoms with Crippen LogP contribution < -0.4 is 5.32 Å². The number of urea groups is 1. The minimum atomic E-state index is -4.49. The lowest BCUT2D eigenvalue weighted by atomic mass is 10.2. The Kier molecular flexibility index (Phi) is 10.0. The molecule has 0 saturated carbocycles. The van der Waals surface area contributed by atoms with E-state index in [1.807, 2.05) is 17.5 Å². The highest BCUT2D eigenvalue weighted by atomic mass is 32.1. The summed E-state index contributed by atoms with van der Waals surface area (Å²) in [4.78, 5) is 30.2. The molecule has 0 atom stereocenters. The van der Waals surface area contributed by atoms with E-state index < -0.39 is 17.8 Å². The monoisotopic (exact) mass is 537 g/mol. The van der Waals surface area contributed by atoms with Crippen molar-refractivity contribution in [1.29, 1.82) is 0 Å². The van der Waals surface area contributed by atoms with E-state index in [-0.39, 0.29) is 37.0 Å². The largest absolute Gasteiger partial charge is 0.416 e. The van der Waals surface area contributed by atoms with Crippen LogP contribution in [-0.4, -0.2) is 48.5 Å². The number of amides is 3. The van der Waals surface area contributed by atoms with E-state index >= 15 is 0 Å². The average Bonchev–Trinajstić information content (AvgIpc) is 3.37. The van der Waals surface area contributed by atoms with Crippen LogP contribution in [0.3, 0.4) is 0 Å². The van der Waals surface area contributed by atoms with Gasteiger partial charge in [-0.05, 0) is 59.8 Å². The highest BCUT2D eigenvalue weighted by molar-refractivity contribution is 7.09. The molecule has 37 heavy (non-hydrogen) atoms. The van der Waals surface area contributed by atoms with Gasteiger partial charge in [0.05, 0.1) is 12.1 Å². The van der Waals surface area contributed by atoms with Gasteiger partial charge in [0.15, 0.2) is 0 Å². The molecule has 2 aromatic carbocycles. The molecule has 0 aliphatic heterocycles. The first-order valence-electron chi connectivity index (χ1n) is 11.4. The Morgan fingerprint density at radius 3 is 2.27 bits per heavy atom. The van der Waals surface area contributed by atoms with Gasteiger partial charge in [0.2, 0.25) is 5.91 Å². The number of nitrogens with one attached hydrogen (secondary N) is 1. The number of thiophene rings is 1. The molecule has 0 radical (unpaired) electrons. The molecule has 0 aliphatic rings. The Bertz CT molecular complexity index is 1140. The van der Waals surface area contributed by atoms with Crippen LogP contribution in [0.5, 0.6) is 0 Å². The van der Waals surface area contributed by atoms with Crippen LogP contribution in [0.1, 0.15) is 22.4 Å². The summed E-state index contributed by atoms with van der Waals surface area (Å²) in [7, 11) is 1.52. The number of methoxy groups -OCH3 is 1. The van der Waals surface area contributed by atoms with E-state index in [1.54, 1.807) is 17.0 Å². The van der Waals surface area contributed by atoms with Crippen molar-refractivity contribution in [2.45, 2.75) is 25.7 Å². The molecule has 0 saturated heterocycles. The fourth-order valence-corrected chi connectivity index (χ4v) is 4.21. The highest BCUT2D eigenvalue weighted by Crippen LogP contribution is 2.29. The molecule has 0 aliphatic carbocycles. The van der Waals surface area contributed by atoms with Crippen LogP contribution >= 0.6 is 11.3 Å². The molecule has 0 bridgehead atoms. The molecule has 3 aromatic rings. The maximum absolute atomic E-state index is 13.4. The smallest absolute Gasteiger partial charge is 0.385 e. The van der Waals surface area contributed by atoms with Crippen molar-refractivity contribution in [3.8, 4) is 0 Å². The second-order valence-electron chi connectivity index (χ2n) is 8.23. The maximum Gasteiger partial charge on any atom is 0.416 e. The summed E-state index contributed by atoms with van der Waals surface area (Å²) < 4.78 is 57.0. The third-order valence-corrected chi connectivity index (χ3v) is 6.28. The molecule has 11 heteroatoms. The van der Waals surface area contributed by atoms with Gasteiger partial charge in [-0.3, -0.25) is 4.79 Å². The fourth-order valence-electron chi connectivity index (χ4n) is 3.49. The van der Waals surface area contributed by atoms with Crippen LogP contribution in [0.4, 0.5) is 28.0 Å². The van der Waals surface area contributed by atoms with E-state index in [1.165, 1.54) is 35.5 Å². The first-order chi connectivity index (χ1) is 17.7. The number of ether oxygens (including phenoxy) is 1. The SMILES string of the molecule is COCCCN(CC(=O)N(Cc1ccc(F)cc1)Cc1cccs1)C(=O)Nc1ccc(C(F)(F)F)cc1. The lowest BCUT2D eigenvalue weighted by Gasteiger charge is -2.28. The molecule has 3 rings (SSSR count). The van der Waals surface area contributed by atoms with E-state index in [0.29, 0.717) is 19.6 Å². The van der Waals surface area contributed by atoms with Crippen molar-refractivity contribution >= 4 is 29.0 Å². The molecule has 198 valence electrons. The Morgan fingerprint density at radius 1 is 0.973 bits per heavy atom. The van der Waals surface area contributed by atoms with Crippen LogP contribution in [0.25, 0.3) is 0 Å². The number of carbonyl (C=O) groups excluding carboxylic acids is 2.